The lowest BCUT2D eigenvalue weighted by molar-refractivity contribution is -0.130. The van der Waals surface area contributed by atoms with E-state index in [0.717, 1.165) is 66.6 Å². The predicted octanol–water partition coefficient (Wildman–Crippen LogP) is 3.06. The Labute approximate surface area is 286 Å². The van der Waals surface area contributed by atoms with Gasteiger partial charge in [-0.15, -0.1) is 10.2 Å². The number of likely N-dealkylation sites (N-methyl/N-ethyl adjacent to an activating group) is 1. The summed E-state index contributed by atoms with van der Waals surface area (Å²) in [6, 6.07) is 16.1. The number of carbonyl (C=O) groups excluding carboxylic acids is 3. The van der Waals surface area contributed by atoms with Crippen molar-refractivity contribution in [2.24, 2.45) is 17.6 Å². The van der Waals surface area contributed by atoms with Gasteiger partial charge in [-0.2, -0.15) is 5.21 Å². The Balaban J connectivity index is 1.15. The van der Waals surface area contributed by atoms with Gasteiger partial charge < -0.3 is 26.2 Å². The van der Waals surface area contributed by atoms with E-state index in [1.807, 2.05) is 42.2 Å². The van der Waals surface area contributed by atoms with Crippen LogP contribution < -0.4 is 16.4 Å². The molecule has 256 valence electrons. The van der Waals surface area contributed by atoms with Crippen LogP contribution in [-0.2, 0) is 16.0 Å². The molecule has 2 aromatic heterocycles. The minimum absolute atomic E-state index is 0.0418. The number of tetrazole rings is 1. The molecule has 0 unspecified atom stereocenters. The van der Waals surface area contributed by atoms with E-state index in [0.29, 0.717) is 49.2 Å². The fourth-order valence-electron chi connectivity index (χ4n) is 6.58. The van der Waals surface area contributed by atoms with Gasteiger partial charge in [0.15, 0.2) is 0 Å². The monoisotopic (exact) mass is 664 g/mol. The Morgan fingerprint density at radius 1 is 0.959 bits per heavy atom. The van der Waals surface area contributed by atoms with E-state index in [-0.39, 0.29) is 23.6 Å². The first-order valence-corrected chi connectivity index (χ1v) is 17.0. The molecule has 0 bridgehead atoms. The van der Waals surface area contributed by atoms with Crippen LogP contribution in [0.1, 0.15) is 47.3 Å². The number of nitrogens with zero attached hydrogens (tertiary/aromatic N) is 6. The van der Waals surface area contributed by atoms with Crippen LogP contribution in [0.3, 0.4) is 0 Å². The van der Waals surface area contributed by atoms with E-state index in [2.05, 4.69) is 48.2 Å². The Morgan fingerprint density at radius 3 is 2.29 bits per heavy atom. The standard InChI is InChI=1S/C36H44N10O3/c1-23-19-32(36(49)46-17-15-45(2)16-18-46)38-22-30(23)26-7-3-24(4-8-26)20-31(40-34(47)28-9-5-25(21-37)6-10-28)35(48)39-29-13-11-27(12-14-29)33-41-43-44-42-33/h3-4,7-8,11-14,19,22,25,28,31H,5-6,9-10,15-18,20-21,37H2,1-2H3,(H,39,48)(H,40,47)(H,41,42,43,44)/t25?,28?,31-/m0/s1. The summed E-state index contributed by atoms with van der Waals surface area (Å²) in [4.78, 5) is 48.7. The largest absolute Gasteiger partial charge is 0.344 e. The minimum Gasteiger partial charge on any atom is -0.344 e. The van der Waals surface area contributed by atoms with E-state index >= 15 is 0 Å². The molecule has 1 saturated heterocycles. The van der Waals surface area contributed by atoms with Crippen LogP contribution in [0.25, 0.3) is 22.5 Å². The highest BCUT2D eigenvalue weighted by Gasteiger charge is 2.29. The summed E-state index contributed by atoms with van der Waals surface area (Å²) in [7, 11) is 2.06. The van der Waals surface area contributed by atoms with Gasteiger partial charge in [-0.25, -0.2) is 0 Å². The highest BCUT2D eigenvalue weighted by molar-refractivity contribution is 5.98. The van der Waals surface area contributed by atoms with Crippen molar-refractivity contribution in [2.75, 3.05) is 45.1 Å². The Hall–Kier alpha value is -5.01. The third-order valence-corrected chi connectivity index (χ3v) is 9.77. The highest BCUT2D eigenvalue weighted by atomic mass is 16.2. The molecule has 13 nitrogen and oxygen atoms in total. The molecule has 1 atom stereocenters. The smallest absolute Gasteiger partial charge is 0.272 e. The molecule has 1 aliphatic carbocycles. The molecule has 4 aromatic rings. The van der Waals surface area contributed by atoms with Crippen molar-refractivity contribution in [3.05, 3.63) is 77.6 Å². The number of rotatable bonds is 10. The number of pyridine rings is 1. The normalized spacial score (nSPS) is 18.9. The molecule has 3 amide bonds. The fraction of sp³-hybridized carbons (Fsp3) is 0.417. The number of amides is 3. The van der Waals surface area contributed by atoms with Gasteiger partial charge in [-0.05, 0) is 104 Å². The SMILES string of the molecule is Cc1cc(C(=O)N2CCN(C)CC2)ncc1-c1ccc(C[C@H](NC(=O)C2CCC(CN)CC2)C(=O)Nc2ccc(-c3nn[nH]n3)cc2)cc1. The van der Waals surface area contributed by atoms with Crippen LogP contribution in [-0.4, -0.2) is 98.9 Å². The third kappa shape index (κ3) is 8.35. The number of hydrogen-bond acceptors (Lipinski definition) is 9. The van der Waals surface area contributed by atoms with E-state index < -0.39 is 6.04 Å². The molecule has 5 N–H and O–H groups in total. The van der Waals surface area contributed by atoms with E-state index in [4.69, 9.17) is 5.73 Å². The molecule has 13 heteroatoms. The lowest BCUT2D eigenvalue weighted by Crippen LogP contribution is -2.48. The van der Waals surface area contributed by atoms with Crippen LogP contribution in [0.5, 0.6) is 0 Å². The number of aromatic amines is 1. The summed E-state index contributed by atoms with van der Waals surface area (Å²) >= 11 is 0. The van der Waals surface area contributed by atoms with Crippen molar-refractivity contribution >= 4 is 23.4 Å². The maximum absolute atomic E-state index is 13.7. The first kappa shape index (κ1) is 33.9. The van der Waals surface area contributed by atoms with Gasteiger partial charge >= 0.3 is 0 Å². The number of nitrogens with two attached hydrogens (primary N) is 1. The molecule has 0 spiro atoms. The molecule has 2 fully saturated rings. The van der Waals surface area contributed by atoms with Gasteiger partial charge in [0.2, 0.25) is 17.6 Å². The number of H-pyrrole nitrogens is 1. The lowest BCUT2D eigenvalue weighted by Gasteiger charge is -2.32. The average Bonchev–Trinajstić information content (AvgIpc) is 3.67. The number of carbonyl (C=O) groups is 3. The second kappa shape index (κ2) is 15.5. The predicted molar refractivity (Wildman–Crippen MR) is 186 cm³/mol. The summed E-state index contributed by atoms with van der Waals surface area (Å²) in [5.74, 6) is 0.311. The number of aryl methyl sites for hydroxylation is 1. The summed E-state index contributed by atoms with van der Waals surface area (Å²) in [6.45, 7) is 5.72. The van der Waals surface area contributed by atoms with E-state index in [1.165, 1.54) is 0 Å². The number of piperazine rings is 1. The molecule has 49 heavy (non-hydrogen) atoms. The molecule has 1 aliphatic heterocycles. The molecule has 6 rings (SSSR count). The zero-order valence-corrected chi connectivity index (χ0v) is 28.1. The quantitative estimate of drug-likeness (QED) is 0.199. The second-order valence-corrected chi connectivity index (χ2v) is 13.2. The first-order chi connectivity index (χ1) is 23.8. The number of aromatic nitrogens is 5. The Bertz CT molecular complexity index is 1730. The summed E-state index contributed by atoms with van der Waals surface area (Å²) < 4.78 is 0. The third-order valence-electron chi connectivity index (χ3n) is 9.77. The van der Waals surface area contributed by atoms with Gasteiger partial charge in [0.25, 0.3) is 5.91 Å². The fourth-order valence-corrected chi connectivity index (χ4v) is 6.58. The zero-order valence-electron chi connectivity index (χ0n) is 28.1. The van der Waals surface area contributed by atoms with E-state index in [1.54, 1.807) is 30.5 Å². The van der Waals surface area contributed by atoms with Crippen LogP contribution in [0.15, 0.2) is 60.8 Å². The zero-order chi connectivity index (χ0) is 34.3. The molecule has 2 aliphatic rings. The molecule has 0 radical (unpaired) electrons. The van der Waals surface area contributed by atoms with Crippen LogP contribution >= 0.6 is 0 Å². The number of anilines is 1. The van der Waals surface area contributed by atoms with Gasteiger partial charge in [0.05, 0.1) is 0 Å². The Kier molecular flexibility index (Phi) is 10.7. The highest BCUT2D eigenvalue weighted by Crippen LogP contribution is 2.29. The van der Waals surface area contributed by atoms with Crippen molar-refractivity contribution < 1.29 is 14.4 Å². The number of hydrogen-bond donors (Lipinski definition) is 4. The maximum Gasteiger partial charge on any atom is 0.272 e. The van der Waals surface area contributed by atoms with Crippen molar-refractivity contribution in [2.45, 2.75) is 45.1 Å². The molecular weight excluding hydrogens is 620 g/mol. The molecule has 2 aromatic carbocycles. The van der Waals surface area contributed by atoms with Crippen molar-refractivity contribution in [1.29, 1.82) is 0 Å². The van der Waals surface area contributed by atoms with Crippen molar-refractivity contribution in [1.82, 2.24) is 40.7 Å². The van der Waals surface area contributed by atoms with Gasteiger partial charge in [-0.1, -0.05) is 24.3 Å². The second-order valence-electron chi connectivity index (χ2n) is 13.2. The van der Waals surface area contributed by atoms with E-state index in [9.17, 15) is 14.4 Å². The Morgan fingerprint density at radius 2 is 1.65 bits per heavy atom. The number of nitrogens with one attached hydrogen (secondary N) is 3. The topological polar surface area (TPSA) is 175 Å². The van der Waals surface area contributed by atoms with Crippen LogP contribution in [0.4, 0.5) is 5.69 Å². The van der Waals surface area contributed by atoms with Crippen LogP contribution in [0, 0.1) is 18.8 Å². The summed E-state index contributed by atoms with van der Waals surface area (Å²) in [6.07, 6.45) is 5.43. The van der Waals surface area contributed by atoms with Gasteiger partial charge in [-0.3, -0.25) is 19.4 Å². The molecule has 1 saturated carbocycles. The average molecular weight is 665 g/mol. The summed E-state index contributed by atoms with van der Waals surface area (Å²) in [5.41, 5.74) is 11.4. The van der Waals surface area contributed by atoms with Crippen LogP contribution in [0.2, 0.25) is 0 Å². The molecule has 3 heterocycles. The van der Waals surface area contributed by atoms with Gasteiger partial charge in [0.1, 0.15) is 11.7 Å². The lowest BCUT2D eigenvalue weighted by atomic mass is 9.81. The van der Waals surface area contributed by atoms with Crippen molar-refractivity contribution in [3.63, 3.8) is 0 Å². The summed E-state index contributed by atoms with van der Waals surface area (Å²) in [5, 5.41) is 20.0. The number of benzene rings is 2. The van der Waals surface area contributed by atoms with Gasteiger partial charge in [0, 0.05) is 61.5 Å². The van der Waals surface area contributed by atoms with Crippen molar-refractivity contribution in [3.8, 4) is 22.5 Å². The molecular formula is C36H44N10O3. The first-order valence-electron chi connectivity index (χ1n) is 17.0. The maximum atomic E-state index is 13.7. The minimum atomic E-state index is -0.786.